The van der Waals surface area contributed by atoms with E-state index in [1.165, 1.54) is 7.11 Å². The molecule has 3 aromatic rings. The number of hydrogen-bond donors (Lipinski definition) is 1. The highest BCUT2D eigenvalue weighted by Gasteiger charge is 2.41. The highest BCUT2D eigenvalue weighted by molar-refractivity contribution is 7.80. The summed E-state index contributed by atoms with van der Waals surface area (Å²) in [5.74, 6) is 0.587. The summed E-state index contributed by atoms with van der Waals surface area (Å²) in [6.45, 7) is 0.628. The molecule has 8 heteroatoms. The van der Waals surface area contributed by atoms with Crippen LogP contribution in [-0.2, 0) is 9.53 Å². The first kappa shape index (κ1) is 21.8. The predicted molar refractivity (Wildman–Crippen MR) is 126 cm³/mol. The molecule has 3 heterocycles. The molecule has 0 spiro atoms. The molecule has 166 valence electrons. The minimum Gasteiger partial charge on any atom is -0.497 e. The van der Waals surface area contributed by atoms with Crippen molar-refractivity contribution in [3.63, 3.8) is 0 Å². The number of esters is 1. The Morgan fingerprint density at radius 3 is 2.62 bits per heavy atom. The number of benzene rings is 1. The number of nitrogens with one attached hydrogen (secondary N) is 1. The molecule has 2 atom stereocenters. The smallest absolute Gasteiger partial charge is 0.305 e. The predicted octanol–water partition coefficient (Wildman–Crippen LogP) is 3.81. The van der Waals surface area contributed by atoms with Crippen LogP contribution < -0.4 is 10.1 Å². The molecule has 0 unspecified atom stereocenters. The normalized spacial score (nSPS) is 17.8. The molecule has 4 rings (SSSR count). The van der Waals surface area contributed by atoms with Gasteiger partial charge in [-0.05, 0) is 67.2 Å². The molecule has 1 fully saturated rings. The fraction of sp³-hybridized carbons (Fsp3) is 0.292. The molecule has 0 bridgehead atoms. The van der Waals surface area contributed by atoms with Crippen molar-refractivity contribution in [1.29, 1.82) is 0 Å². The summed E-state index contributed by atoms with van der Waals surface area (Å²) in [5.41, 5.74) is 3.02. The zero-order chi connectivity index (χ0) is 22.5. The van der Waals surface area contributed by atoms with Gasteiger partial charge in [0, 0.05) is 36.7 Å². The van der Waals surface area contributed by atoms with Gasteiger partial charge in [-0.3, -0.25) is 9.78 Å². The van der Waals surface area contributed by atoms with Crippen LogP contribution in [0.15, 0.2) is 67.0 Å². The Balaban J connectivity index is 1.70. The molecule has 2 aromatic heterocycles. The van der Waals surface area contributed by atoms with E-state index in [9.17, 15) is 4.79 Å². The molecule has 1 saturated heterocycles. The van der Waals surface area contributed by atoms with Gasteiger partial charge in [0.2, 0.25) is 0 Å². The van der Waals surface area contributed by atoms with E-state index in [4.69, 9.17) is 21.7 Å². The number of hydrogen-bond acceptors (Lipinski definition) is 5. The minimum atomic E-state index is -0.220. The number of carbonyl (C=O) groups excluding carboxylic acids is 1. The molecular weight excluding hydrogens is 424 g/mol. The van der Waals surface area contributed by atoms with Crippen molar-refractivity contribution in [2.45, 2.75) is 24.9 Å². The molecule has 0 amide bonds. The van der Waals surface area contributed by atoms with Crippen molar-refractivity contribution >= 4 is 23.3 Å². The maximum absolute atomic E-state index is 11.6. The van der Waals surface area contributed by atoms with Crippen molar-refractivity contribution in [1.82, 2.24) is 19.8 Å². The molecule has 32 heavy (non-hydrogen) atoms. The Labute approximate surface area is 193 Å². The quantitative estimate of drug-likeness (QED) is 0.413. The minimum absolute atomic E-state index is 0.0906. The van der Waals surface area contributed by atoms with Crippen molar-refractivity contribution < 1.29 is 14.3 Å². The van der Waals surface area contributed by atoms with Gasteiger partial charge in [0.1, 0.15) is 5.75 Å². The van der Waals surface area contributed by atoms with Gasteiger partial charge in [-0.2, -0.15) is 0 Å². The Bertz CT molecular complexity index is 1070. The highest BCUT2D eigenvalue weighted by atomic mass is 32.1. The van der Waals surface area contributed by atoms with Gasteiger partial charge in [0.15, 0.2) is 5.11 Å². The van der Waals surface area contributed by atoms with Crippen molar-refractivity contribution in [2.75, 3.05) is 20.8 Å². The van der Waals surface area contributed by atoms with E-state index in [0.717, 1.165) is 22.8 Å². The number of ether oxygens (including phenoxy) is 2. The summed E-state index contributed by atoms with van der Waals surface area (Å²) in [6.07, 6.45) is 4.82. The summed E-state index contributed by atoms with van der Waals surface area (Å²) >= 11 is 5.71. The third-order valence-electron chi connectivity index (χ3n) is 5.64. The third-order valence-corrected chi connectivity index (χ3v) is 5.99. The second-order valence-corrected chi connectivity index (χ2v) is 7.89. The number of rotatable bonds is 8. The largest absolute Gasteiger partial charge is 0.497 e. The molecule has 0 aliphatic carbocycles. The summed E-state index contributed by atoms with van der Waals surface area (Å²) in [7, 11) is 3.07. The second-order valence-electron chi connectivity index (χ2n) is 7.50. The maximum atomic E-state index is 11.6. The summed E-state index contributed by atoms with van der Waals surface area (Å²) < 4.78 is 12.3. The Hall–Kier alpha value is -3.39. The van der Waals surface area contributed by atoms with E-state index in [1.807, 2.05) is 54.7 Å². The van der Waals surface area contributed by atoms with Crippen LogP contribution in [0.25, 0.3) is 5.69 Å². The van der Waals surface area contributed by atoms with Gasteiger partial charge in [0.05, 0.1) is 32.0 Å². The van der Waals surface area contributed by atoms with Crippen LogP contribution in [0.4, 0.5) is 0 Å². The number of aromatic nitrogens is 2. The monoisotopic (exact) mass is 450 g/mol. The van der Waals surface area contributed by atoms with E-state index in [0.29, 0.717) is 24.5 Å². The van der Waals surface area contributed by atoms with E-state index in [2.05, 4.69) is 25.8 Å². The van der Waals surface area contributed by atoms with Crippen molar-refractivity contribution in [3.8, 4) is 11.4 Å². The number of methoxy groups -OCH3 is 2. The first-order valence-electron chi connectivity index (χ1n) is 10.5. The average Bonchev–Trinajstić information content (AvgIpc) is 3.44. The van der Waals surface area contributed by atoms with Crippen LogP contribution >= 0.6 is 12.2 Å². The van der Waals surface area contributed by atoms with Crippen LogP contribution in [0.1, 0.15) is 36.3 Å². The van der Waals surface area contributed by atoms with Gasteiger partial charge in [0.25, 0.3) is 0 Å². The average molecular weight is 451 g/mol. The number of carbonyl (C=O) groups is 1. The fourth-order valence-corrected chi connectivity index (χ4v) is 4.41. The van der Waals surface area contributed by atoms with Gasteiger partial charge in [-0.25, -0.2) is 0 Å². The van der Waals surface area contributed by atoms with Crippen LogP contribution in [0.3, 0.4) is 0 Å². The summed E-state index contributed by atoms with van der Waals surface area (Å²) in [4.78, 5) is 18.4. The molecule has 0 radical (unpaired) electrons. The maximum Gasteiger partial charge on any atom is 0.305 e. The topological polar surface area (TPSA) is 68.6 Å². The lowest BCUT2D eigenvalue weighted by Gasteiger charge is -2.29. The number of thiocarbonyl (C=S) groups is 1. The Kier molecular flexibility index (Phi) is 6.70. The molecule has 1 aliphatic heterocycles. The fourth-order valence-electron chi connectivity index (χ4n) is 4.08. The first-order valence-corrected chi connectivity index (χ1v) is 10.9. The lowest BCUT2D eigenvalue weighted by molar-refractivity contribution is -0.140. The van der Waals surface area contributed by atoms with Gasteiger partial charge in [-0.1, -0.05) is 6.07 Å². The molecule has 7 nitrogen and oxygen atoms in total. The molecule has 1 aromatic carbocycles. The standard InChI is InChI=1S/C24H26N4O3S/c1-30-18-12-10-17(11-13-18)27-15-5-8-20(27)23-22(19-7-3-4-14-25-19)26-24(32)28(23)16-6-9-21(29)31-2/h3-5,7-8,10-15,22-23H,6,9,16H2,1-2H3,(H,26,32)/t22-,23-/m1/s1. The van der Waals surface area contributed by atoms with Crippen molar-refractivity contribution in [3.05, 3.63) is 78.4 Å². The summed E-state index contributed by atoms with van der Waals surface area (Å²) in [5, 5.41) is 4.10. The highest BCUT2D eigenvalue weighted by Crippen LogP contribution is 2.39. The molecular formula is C24H26N4O3S. The lowest BCUT2D eigenvalue weighted by atomic mass is 10.0. The van der Waals surface area contributed by atoms with E-state index >= 15 is 0 Å². The van der Waals surface area contributed by atoms with E-state index < -0.39 is 0 Å². The summed E-state index contributed by atoms with van der Waals surface area (Å²) in [6, 6.07) is 17.8. The van der Waals surface area contributed by atoms with Crippen LogP contribution in [0.5, 0.6) is 5.75 Å². The SMILES string of the molecule is COC(=O)CCCN1C(=S)N[C@H](c2ccccn2)[C@H]1c1cccn1-c1ccc(OC)cc1. The zero-order valence-electron chi connectivity index (χ0n) is 18.1. The molecule has 1 N–H and O–H groups in total. The molecule has 0 saturated carbocycles. The van der Waals surface area contributed by atoms with Crippen LogP contribution in [0.2, 0.25) is 0 Å². The molecule has 1 aliphatic rings. The lowest BCUT2D eigenvalue weighted by Crippen LogP contribution is -2.31. The van der Waals surface area contributed by atoms with E-state index in [-0.39, 0.29) is 18.1 Å². The van der Waals surface area contributed by atoms with Crippen LogP contribution in [-0.4, -0.2) is 46.3 Å². The number of nitrogens with zero attached hydrogens (tertiary/aromatic N) is 3. The number of pyridine rings is 1. The Morgan fingerprint density at radius 1 is 1.12 bits per heavy atom. The van der Waals surface area contributed by atoms with Gasteiger partial charge in [-0.15, -0.1) is 0 Å². The second kappa shape index (κ2) is 9.82. The Morgan fingerprint density at radius 2 is 1.94 bits per heavy atom. The van der Waals surface area contributed by atoms with Crippen LogP contribution in [0, 0.1) is 0 Å². The third kappa shape index (κ3) is 4.45. The van der Waals surface area contributed by atoms with Gasteiger partial charge < -0.3 is 24.3 Å². The first-order chi connectivity index (χ1) is 15.6. The zero-order valence-corrected chi connectivity index (χ0v) is 18.9. The van der Waals surface area contributed by atoms with Crippen molar-refractivity contribution in [2.24, 2.45) is 0 Å². The van der Waals surface area contributed by atoms with Gasteiger partial charge >= 0.3 is 5.97 Å². The van der Waals surface area contributed by atoms with E-state index in [1.54, 1.807) is 13.3 Å².